The number of anilines is 1. The molecule has 0 aliphatic rings. The zero-order valence-corrected chi connectivity index (χ0v) is 15.0. The zero-order chi connectivity index (χ0) is 20.0. The molecule has 27 heavy (non-hydrogen) atoms. The van der Waals surface area contributed by atoms with Gasteiger partial charge in [0.25, 0.3) is 5.91 Å². The molecule has 2 aromatic rings. The van der Waals surface area contributed by atoms with E-state index in [0.29, 0.717) is 11.7 Å². The van der Waals surface area contributed by atoms with Crippen molar-refractivity contribution in [2.45, 2.75) is 26.2 Å². The minimum atomic E-state index is -1.56. The molecule has 0 heterocycles. The highest BCUT2D eigenvalue weighted by atomic mass is 16.5. The molecule has 0 spiro atoms. The van der Waals surface area contributed by atoms with Crippen molar-refractivity contribution in [1.82, 2.24) is 0 Å². The molecule has 0 aliphatic heterocycles. The maximum absolute atomic E-state index is 12.0. The van der Waals surface area contributed by atoms with Gasteiger partial charge in [0.05, 0.1) is 11.9 Å². The molecule has 2 aromatic carbocycles. The number of carbonyl (C=O) groups excluding carboxylic acids is 3. The SMILES string of the molecule is CC[C@@H](C)c1ccc(OCC(=O)Nc2cc(C(=O)[O-])cc(C(=O)[O-])c2)cc1. The average Bonchev–Trinajstić information content (AvgIpc) is 2.65. The predicted molar refractivity (Wildman–Crippen MR) is 94.4 cm³/mol. The molecule has 0 aromatic heterocycles. The number of amides is 1. The summed E-state index contributed by atoms with van der Waals surface area (Å²) < 4.78 is 5.39. The molecule has 7 heteroatoms. The van der Waals surface area contributed by atoms with E-state index in [-0.39, 0.29) is 23.4 Å². The van der Waals surface area contributed by atoms with Crippen LogP contribution in [0.25, 0.3) is 0 Å². The van der Waals surface area contributed by atoms with Gasteiger partial charge in [0.2, 0.25) is 0 Å². The van der Waals surface area contributed by atoms with Gasteiger partial charge in [-0.2, -0.15) is 0 Å². The van der Waals surface area contributed by atoms with Crippen LogP contribution in [-0.2, 0) is 4.79 Å². The van der Waals surface area contributed by atoms with Gasteiger partial charge in [-0.1, -0.05) is 26.0 Å². The highest BCUT2D eigenvalue weighted by Gasteiger charge is 2.08. The fourth-order valence-corrected chi connectivity index (χ4v) is 2.41. The number of aromatic carboxylic acids is 2. The van der Waals surface area contributed by atoms with Crippen molar-refractivity contribution in [3.63, 3.8) is 0 Å². The Bertz CT molecular complexity index is 812. The number of carbonyl (C=O) groups is 3. The number of hydrogen-bond acceptors (Lipinski definition) is 6. The monoisotopic (exact) mass is 369 g/mol. The lowest BCUT2D eigenvalue weighted by Gasteiger charge is -2.13. The van der Waals surface area contributed by atoms with Crippen LogP contribution in [0.15, 0.2) is 42.5 Å². The summed E-state index contributed by atoms with van der Waals surface area (Å²) in [5.41, 5.74) is 0.405. The second-order valence-corrected chi connectivity index (χ2v) is 6.09. The van der Waals surface area contributed by atoms with E-state index in [1.54, 1.807) is 12.1 Å². The lowest BCUT2D eigenvalue weighted by Crippen LogP contribution is -2.27. The summed E-state index contributed by atoms with van der Waals surface area (Å²) in [6.45, 7) is 3.89. The molecule has 0 saturated heterocycles. The van der Waals surface area contributed by atoms with Crippen molar-refractivity contribution in [2.75, 3.05) is 11.9 Å². The largest absolute Gasteiger partial charge is 0.545 e. The molecule has 2 rings (SSSR count). The predicted octanol–water partition coefficient (Wildman–Crippen LogP) is 0.945. The Balaban J connectivity index is 2.01. The molecule has 0 radical (unpaired) electrons. The third-order valence-corrected chi connectivity index (χ3v) is 4.12. The Hall–Kier alpha value is -3.35. The number of ether oxygens (including phenoxy) is 1. The Labute approximate surface area is 156 Å². The van der Waals surface area contributed by atoms with Gasteiger partial charge in [-0.05, 0) is 59.4 Å². The standard InChI is InChI=1S/C20H21NO6/c1-3-12(2)13-4-6-17(7-5-13)27-11-18(22)21-16-9-14(19(23)24)8-15(10-16)20(25)26/h4-10,12H,3,11H2,1-2H3,(H,21,22)(H,23,24)(H,25,26)/p-2/t12-/m1/s1. The lowest BCUT2D eigenvalue weighted by molar-refractivity contribution is -0.255. The Morgan fingerprint density at radius 3 is 2.04 bits per heavy atom. The van der Waals surface area contributed by atoms with Gasteiger partial charge in [-0.15, -0.1) is 0 Å². The molecule has 7 nitrogen and oxygen atoms in total. The van der Waals surface area contributed by atoms with Crippen molar-refractivity contribution < 1.29 is 29.3 Å². The van der Waals surface area contributed by atoms with Crippen molar-refractivity contribution in [3.05, 3.63) is 59.2 Å². The minimum absolute atomic E-state index is 0.00313. The van der Waals surface area contributed by atoms with E-state index in [0.717, 1.165) is 24.6 Å². The zero-order valence-electron chi connectivity index (χ0n) is 15.0. The van der Waals surface area contributed by atoms with E-state index >= 15 is 0 Å². The number of rotatable bonds is 8. The molecular formula is C20H19NO6-2. The van der Waals surface area contributed by atoms with Crippen LogP contribution in [0.3, 0.4) is 0 Å². The molecule has 1 atom stereocenters. The topological polar surface area (TPSA) is 119 Å². The second-order valence-electron chi connectivity index (χ2n) is 6.09. The molecule has 1 amide bonds. The maximum atomic E-state index is 12.0. The summed E-state index contributed by atoms with van der Waals surface area (Å²) in [5.74, 6) is -2.76. The Kier molecular flexibility index (Phi) is 6.54. The average molecular weight is 369 g/mol. The van der Waals surface area contributed by atoms with E-state index in [2.05, 4.69) is 19.2 Å². The van der Waals surface area contributed by atoms with Crippen LogP contribution in [0.2, 0.25) is 0 Å². The highest BCUT2D eigenvalue weighted by Crippen LogP contribution is 2.21. The summed E-state index contributed by atoms with van der Waals surface area (Å²) in [4.78, 5) is 33.9. The van der Waals surface area contributed by atoms with Crippen LogP contribution in [0.5, 0.6) is 5.75 Å². The smallest absolute Gasteiger partial charge is 0.262 e. The number of carboxylic acid groups (broad SMARTS) is 2. The van der Waals surface area contributed by atoms with E-state index < -0.39 is 17.8 Å². The number of nitrogens with one attached hydrogen (secondary N) is 1. The van der Waals surface area contributed by atoms with Gasteiger partial charge in [0, 0.05) is 5.69 Å². The first-order valence-electron chi connectivity index (χ1n) is 8.40. The van der Waals surface area contributed by atoms with Gasteiger partial charge >= 0.3 is 0 Å². The van der Waals surface area contributed by atoms with Gasteiger partial charge in [-0.3, -0.25) is 4.79 Å². The molecule has 0 unspecified atom stereocenters. The van der Waals surface area contributed by atoms with Gasteiger partial charge in [0.15, 0.2) is 6.61 Å². The molecule has 0 fully saturated rings. The van der Waals surface area contributed by atoms with Crippen LogP contribution in [0, 0.1) is 0 Å². The first kappa shape index (κ1) is 20.0. The van der Waals surface area contributed by atoms with E-state index in [4.69, 9.17) is 4.74 Å². The lowest BCUT2D eigenvalue weighted by atomic mass is 9.99. The van der Waals surface area contributed by atoms with Crippen LogP contribution >= 0.6 is 0 Å². The quantitative estimate of drug-likeness (QED) is 0.740. The van der Waals surface area contributed by atoms with Crippen LogP contribution < -0.4 is 20.3 Å². The van der Waals surface area contributed by atoms with E-state index in [1.807, 2.05) is 12.1 Å². The number of carboxylic acids is 2. The summed E-state index contributed by atoms with van der Waals surface area (Å²) in [7, 11) is 0. The molecule has 142 valence electrons. The van der Waals surface area contributed by atoms with Crippen LogP contribution in [0.1, 0.15) is 52.5 Å². The third-order valence-electron chi connectivity index (χ3n) is 4.12. The fourth-order valence-electron chi connectivity index (χ4n) is 2.41. The minimum Gasteiger partial charge on any atom is -0.545 e. The maximum Gasteiger partial charge on any atom is 0.262 e. The molecule has 1 N–H and O–H groups in total. The van der Waals surface area contributed by atoms with Crippen molar-refractivity contribution in [1.29, 1.82) is 0 Å². The van der Waals surface area contributed by atoms with Crippen LogP contribution in [0.4, 0.5) is 5.69 Å². The van der Waals surface area contributed by atoms with E-state index in [9.17, 15) is 24.6 Å². The van der Waals surface area contributed by atoms with Gasteiger partial charge in [-0.25, -0.2) is 0 Å². The van der Waals surface area contributed by atoms with Crippen molar-refractivity contribution >= 4 is 23.5 Å². The first-order chi connectivity index (χ1) is 12.8. The Morgan fingerprint density at radius 2 is 1.56 bits per heavy atom. The number of benzene rings is 2. The highest BCUT2D eigenvalue weighted by molar-refractivity contribution is 5.97. The van der Waals surface area contributed by atoms with Crippen molar-refractivity contribution in [2.24, 2.45) is 0 Å². The van der Waals surface area contributed by atoms with Crippen LogP contribution in [-0.4, -0.2) is 24.5 Å². The third kappa shape index (κ3) is 5.57. The normalized spacial score (nSPS) is 11.5. The second kappa shape index (κ2) is 8.84. The van der Waals surface area contributed by atoms with E-state index in [1.165, 1.54) is 5.56 Å². The molecule has 0 bridgehead atoms. The molecular weight excluding hydrogens is 350 g/mol. The summed E-state index contributed by atoms with van der Waals surface area (Å²) in [5, 5.41) is 24.3. The molecule has 0 aliphatic carbocycles. The summed E-state index contributed by atoms with van der Waals surface area (Å²) in [6.07, 6.45) is 1.02. The number of hydrogen-bond donors (Lipinski definition) is 1. The van der Waals surface area contributed by atoms with Crippen molar-refractivity contribution in [3.8, 4) is 5.75 Å². The first-order valence-corrected chi connectivity index (χ1v) is 8.40. The summed E-state index contributed by atoms with van der Waals surface area (Å²) >= 11 is 0. The van der Waals surface area contributed by atoms with Gasteiger partial charge < -0.3 is 29.9 Å². The van der Waals surface area contributed by atoms with Gasteiger partial charge in [0.1, 0.15) is 5.75 Å². The fraction of sp³-hybridized carbons (Fsp3) is 0.250. The summed E-state index contributed by atoms with van der Waals surface area (Å²) in [6, 6.07) is 10.5. The Morgan fingerprint density at radius 1 is 1.00 bits per heavy atom. The molecule has 0 saturated carbocycles.